The topological polar surface area (TPSA) is 49.3 Å². The van der Waals surface area contributed by atoms with Crippen LogP contribution in [0.3, 0.4) is 0 Å². The lowest BCUT2D eigenvalue weighted by atomic mass is 9.47. The molecule has 1 saturated carbocycles. The number of benzene rings is 1. The van der Waals surface area contributed by atoms with Crippen molar-refractivity contribution in [1.82, 2.24) is 5.32 Å². The lowest BCUT2D eigenvalue weighted by Crippen LogP contribution is -2.54. The third kappa shape index (κ3) is 2.07. The molecule has 4 rings (SSSR count). The maximum absolute atomic E-state index is 12.7. The number of carbonyl (C=O) groups is 1. The number of rotatable bonds is 0. The number of carbonyl (C=O) groups excluding carboxylic acids is 1. The Morgan fingerprint density at radius 2 is 1.84 bits per heavy atom. The lowest BCUT2D eigenvalue weighted by Gasteiger charge is -2.56. The molecule has 2 N–H and O–H groups in total. The molecule has 0 bridgehead atoms. The van der Waals surface area contributed by atoms with Crippen LogP contribution in [-0.2, 0) is 16.6 Å². The van der Waals surface area contributed by atoms with Crippen LogP contribution in [0.15, 0.2) is 12.1 Å². The van der Waals surface area contributed by atoms with E-state index in [0.29, 0.717) is 17.6 Å². The lowest BCUT2D eigenvalue weighted by molar-refractivity contribution is -0.138. The normalized spacial score (nSPS) is 39.0. The third-order valence-electron chi connectivity index (χ3n) is 8.06. The van der Waals surface area contributed by atoms with E-state index >= 15 is 0 Å². The summed E-state index contributed by atoms with van der Waals surface area (Å²) >= 11 is 0. The third-order valence-corrected chi connectivity index (χ3v) is 8.06. The summed E-state index contributed by atoms with van der Waals surface area (Å²) in [6.45, 7) is 11.9. The van der Waals surface area contributed by atoms with Crippen LogP contribution in [0.25, 0.3) is 0 Å². The largest absolute Gasteiger partial charge is 0.508 e. The van der Waals surface area contributed by atoms with Gasteiger partial charge in [-0.15, -0.1) is 0 Å². The SMILES string of the molecule is Cc1cc(O)c2c(c1)CC1C2(C)CCC2C(C)(C)C(=O)NCCC21C. The Morgan fingerprint density at radius 1 is 1.12 bits per heavy atom. The molecule has 3 heteroatoms. The number of nitrogens with one attached hydrogen (secondary N) is 1. The van der Waals surface area contributed by atoms with Crippen LogP contribution in [0.2, 0.25) is 0 Å². The molecule has 2 aliphatic carbocycles. The van der Waals surface area contributed by atoms with Gasteiger partial charge in [-0.1, -0.05) is 33.8 Å². The summed E-state index contributed by atoms with van der Waals surface area (Å²) in [6.07, 6.45) is 4.16. The molecule has 1 aromatic carbocycles. The highest BCUT2D eigenvalue weighted by atomic mass is 16.3. The van der Waals surface area contributed by atoms with Crippen LogP contribution in [0.5, 0.6) is 5.75 Å². The van der Waals surface area contributed by atoms with Crippen molar-refractivity contribution >= 4 is 5.91 Å². The van der Waals surface area contributed by atoms with E-state index in [9.17, 15) is 9.90 Å². The molecule has 1 aromatic rings. The molecular formula is C22H31NO2. The van der Waals surface area contributed by atoms with Gasteiger partial charge in [0.15, 0.2) is 0 Å². The maximum Gasteiger partial charge on any atom is 0.225 e. The second kappa shape index (κ2) is 5.02. The van der Waals surface area contributed by atoms with E-state index in [4.69, 9.17) is 0 Å². The zero-order valence-electron chi connectivity index (χ0n) is 16.2. The van der Waals surface area contributed by atoms with Crippen LogP contribution in [-0.4, -0.2) is 17.6 Å². The van der Waals surface area contributed by atoms with Crippen LogP contribution in [0, 0.1) is 29.6 Å². The van der Waals surface area contributed by atoms with Crippen molar-refractivity contribution in [3.8, 4) is 5.75 Å². The first-order chi connectivity index (χ1) is 11.6. The number of hydrogen-bond acceptors (Lipinski definition) is 2. The van der Waals surface area contributed by atoms with Gasteiger partial charge in [-0.3, -0.25) is 4.79 Å². The monoisotopic (exact) mass is 341 g/mol. The minimum absolute atomic E-state index is 0.0157. The molecule has 0 radical (unpaired) electrons. The molecule has 25 heavy (non-hydrogen) atoms. The second-order valence-electron chi connectivity index (χ2n) is 9.82. The Bertz CT molecular complexity index is 753. The van der Waals surface area contributed by atoms with Crippen molar-refractivity contribution in [2.75, 3.05) is 6.54 Å². The van der Waals surface area contributed by atoms with Crippen LogP contribution in [0.1, 0.15) is 63.6 Å². The Kier molecular flexibility index (Phi) is 3.40. The fourth-order valence-corrected chi connectivity index (χ4v) is 6.92. The highest BCUT2D eigenvalue weighted by Gasteiger charge is 2.62. The summed E-state index contributed by atoms with van der Waals surface area (Å²) in [6, 6.07) is 4.19. The second-order valence-corrected chi connectivity index (χ2v) is 9.82. The molecule has 3 aliphatic rings. The van der Waals surface area contributed by atoms with Gasteiger partial charge in [0.2, 0.25) is 5.91 Å². The number of phenols is 1. The van der Waals surface area contributed by atoms with Gasteiger partial charge in [0.05, 0.1) is 0 Å². The first kappa shape index (κ1) is 16.9. The van der Waals surface area contributed by atoms with Gasteiger partial charge in [-0.2, -0.15) is 0 Å². The van der Waals surface area contributed by atoms with Crippen molar-refractivity contribution < 1.29 is 9.90 Å². The van der Waals surface area contributed by atoms with Crippen molar-refractivity contribution in [2.24, 2.45) is 22.7 Å². The maximum atomic E-state index is 12.7. The smallest absolute Gasteiger partial charge is 0.225 e. The number of amides is 1. The molecule has 4 unspecified atom stereocenters. The van der Waals surface area contributed by atoms with E-state index in [1.54, 1.807) is 0 Å². The van der Waals surface area contributed by atoms with Gasteiger partial charge in [-0.05, 0) is 67.1 Å². The van der Waals surface area contributed by atoms with Gasteiger partial charge >= 0.3 is 0 Å². The zero-order valence-corrected chi connectivity index (χ0v) is 16.2. The van der Waals surface area contributed by atoms with E-state index in [2.05, 4.69) is 46.0 Å². The van der Waals surface area contributed by atoms with Crippen molar-refractivity contribution in [1.29, 1.82) is 0 Å². The zero-order chi connectivity index (χ0) is 18.2. The Hall–Kier alpha value is -1.51. The van der Waals surface area contributed by atoms with Crippen molar-refractivity contribution in [3.05, 3.63) is 28.8 Å². The highest BCUT2D eigenvalue weighted by Crippen LogP contribution is 2.66. The predicted octanol–water partition coefficient (Wildman–Crippen LogP) is 4.09. The predicted molar refractivity (Wildman–Crippen MR) is 99.6 cm³/mol. The minimum Gasteiger partial charge on any atom is -0.508 e. The molecule has 136 valence electrons. The molecule has 1 aliphatic heterocycles. The first-order valence-electron chi connectivity index (χ1n) is 9.72. The van der Waals surface area contributed by atoms with E-state index < -0.39 is 0 Å². The Balaban J connectivity index is 1.85. The quantitative estimate of drug-likeness (QED) is 0.746. The molecule has 1 saturated heterocycles. The van der Waals surface area contributed by atoms with Gasteiger partial charge < -0.3 is 10.4 Å². The highest BCUT2D eigenvalue weighted by molar-refractivity contribution is 5.82. The summed E-state index contributed by atoms with van der Waals surface area (Å²) in [5.41, 5.74) is 3.44. The number of phenolic OH excluding ortho intramolecular Hbond substituents is 1. The number of aromatic hydroxyl groups is 1. The van der Waals surface area contributed by atoms with Crippen molar-refractivity contribution in [3.63, 3.8) is 0 Å². The molecular weight excluding hydrogens is 310 g/mol. The summed E-state index contributed by atoms with van der Waals surface area (Å²) in [7, 11) is 0. The fraction of sp³-hybridized carbons (Fsp3) is 0.682. The summed E-state index contributed by atoms with van der Waals surface area (Å²) in [5.74, 6) is 1.55. The van der Waals surface area contributed by atoms with Crippen LogP contribution >= 0.6 is 0 Å². The summed E-state index contributed by atoms with van der Waals surface area (Å²) < 4.78 is 0. The molecule has 4 atom stereocenters. The van der Waals surface area contributed by atoms with Gasteiger partial charge in [0.1, 0.15) is 5.75 Å². The van der Waals surface area contributed by atoms with Gasteiger partial charge in [0, 0.05) is 22.9 Å². The number of hydrogen-bond donors (Lipinski definition) is 2. The summed E-state index contributed by atoms with van der Waals surface area (Å²) in [5, 5.41) is 13.9. The molecule has 0 spiro atoms. The molecule has 2 fully saturated rings. The van der Waals surface area contributed by atoms with Crippen molar-refractivity contribution in [2.45, 2.75) is 65.7 Å². The van der Waals surface area contributed by atoms with Gasteiger partial charge in [-0.25, -0.2) is 0 Å². The van der Waals surface area contributed by atoms with Crippen LogP contribution < -0.4 is 5.32 Å². The van der Waals surface area contributed by atoms with E-state index in [1.807, 2.05) is 6.07 Å². The first-order valence-corrected chi connectivity index (χ1v) is 9.72. The summed E-state index contributed by atoms with van der Waals surface area (Å²) in [4.78, 5) is 12.7. The number of fused-ring (bicyclic) bond motifs is 5. The van der Waals surface area contributed by atoms with E-state index in [-0.39, 0.29) is 22.2 Å². The standard InChI is InChI=1S/C22H31NO2/c1-13-10-14-12-17-21(4)8-9-23-19(25)20(2,3)16(21)6-7-22(17,5)18(14)15(24)11-13/h10-11,16-17,24H,6-9,12H2,1-5H3,(H,23,25). The molecule has 1 amide bonds. The fourth-order valence-electron chi connectivity index (χ4n) is 6.92. The molecule has 1 heterocycles. The van der Waals surface area contributed by atoms with E-state index in [0.717, 1.165) is 37.8 Å². The minimum atomic E-state index is -0.334. The molecule has 3 nitrogen and oxygen atoms in total. The Morgan fingerprint density at radius 3 is 2.56 bits per heavy atom. The van der Waals surface area contributed by atoms with Crippen LogP contribution in [0.4, 0.5) is 0 Å². The van der Waals surface area contributed by atoms with E-state index in [1.165, 1.54) is 11.1 Å². The molecule has 0 aromatic heterocycles. The number of aryl methyl sites for hydroxylation is 1. The average Bonchev–Trinajstić information content (AvgIpc) is 2.76. The Labute approximate surface area is 151 Å². The van der Waals surface area contributed by atoms with Gasteiger partial charge in [0.25, 0.3) is 0 Å². The average molecular weight is 341 g/mol.